The van der Waals surface area contributed by atoms with E-state index in [0.717, 1.165) is 20.6 Å². The average Bonchev–Trinajstić information content (AvgIpc) is 2.28. The summed E-state index contributed by atoms with van der Waals surface area (Å²) in [5, 5.41) is 1.40. The standard InChI is InChI=1S/C14H12BrCl2N/c15-10-4-5-12(13(17)8-10)14(18)7-9-2-1-3-11(16)6-9/h1-6,8,14H,7,18H2. The Morgan fingerprint density at radius 1 is 1.11 bits per heavy atom. The van der Waals surface area contributed by atoms with Gasteiger partial charge in [-0.2, -0.15) is 0 Å². The van der Waals surface area contributed by atoms with Crippen molar-refractivity contribution in [3.63, 3.8) is 0 Å². The third-order valence-electron chi connectivity index (χ3n) is 2.71. The van der Waals surface area contributed by atoms with Crippen LogP contribution in [0.1, 0.15) is 17.2 Å². The second-order valence-corrected chi connectivity index (χ2v) is 5.87. The number of rotatable bonds is 3. The van der Waals surface area contributed by atoms with Crippen LogP contribution >= 0.6 is 39.1 Å². The summed E-state index contributed by atoms with van der Waals surface area (Å²) < 4.78 is 0.950. The van der Waals surface area contributed by atoms with Crippen LogP contribution < -0.4 is 5.73 Å². The smallest absolute Gasteiger partial charge is 0.0465 e. The predicted octanol–water partition coefficient (Wildman–Crippen LogP) is 5.00. The van der Waals surface area contributed by atoms with E-state index in [9.17, 15) is 0 Å². The maximum Gasteiger partial charge on any atom is 0.0465 e. The Balaban J connectivity index is 2.19. The van der Waals surface area contributed by atoms with Crippen LogP contribution in [0.25, 0.3) is 0 Å². The lowest BCUT2D eigenvalue weighted by molar-refractivity contribution is 0.722. The van der Waals surface area contributed by atoms with Crippen LogP contribution in [0.15, 0.2) is 46.9 Å². The first kappa shape index (κ1) is 13.9. The molecule has 1 unspecified atom stereocenters. The molecule has 0 aliphatic heterocycles. The average molecular weight is 345 g/mol. The minimum atomic E-state index is -0.135. The van der Waals surface area contributed by atoms with E-state index in [2.05, 4.69) is 15.9 Å². The van der Waals surface area contributed by atoms with Crippen molar-refractivity contribution in [2.45, 2.75) is 12.5 Å². The first-order chi connectivity index (χ1) is 8.56. The Bertz CT molecular complexity index is 557. The van der Waals surface area contributed by atoms with Crippen molar-refractivity contribution in [1.29, 1.82) is 0 Å². The fraction of sp³-hybridized carbons (Fsp3) is 0.143. The summed E-state index contributed by atoms with van der Waals surface area (Å²) in [5.74, 6) is 0. The normalized spacial score (nSPS) is 12.4. The molecule has 2 aromatic carbocycles. The maximum absolute atomic E-state index is 6.19. The maximum atomic E-state index is 6.19. The van der Waals surface area contributed by atoms with Gasteiger partial charge >= 0.3 is 0 Å². The van der Waals surface area contributed by atoms with E-state index in [1.165, 1.54) is 0 Å². The van der Waals surface area contributed by atoms with Crippen LogP contribution in [0.5, 0.6) is 0 Å². The summed E-state index contributed by atoms with van der Waals surface area (Å²) in [7, 11) is 0. The third-order valence-corrected chi connectivity index (χ3v) is 3.76. The topological polar surface area (TPSA) is 26.0 Å². The Hall–Kier alpha value is -0.540. The van der Waals surface area contributed by atoms with Crippen LogP contribution in [-0.2, 0) is 6.42 Å². The summed E-state index contributed by atoms with van der Waals surface area (Å²) in [6, 6.07) is 13.3. The van der Waals surface area contributed by atoms with Gasteiger partial charge in [0.15, 0.2) is 0 Å². The molecule has 0 aromatic heterocycles. The molecule has 0 saturated carbocycles. The molecule has 1 atom stereocenters. The van der Waals surface area contributed by atoms with Crippen molar-refractivity contribution in [1.82, 2.24) is 0 Å². The van der Waals surface area contributed by atoms with Gasteiger partial charge in [0, 0.05) is 20.6 Å². The molecule has 0 saturated heterocycles. The van der Waals surface area contributed by atoms with E-state index >= 15 is 0 Å². The molecule has 2 aromatic rings. The Labute approximate surface area is 125 Å². The lowest BCUT2D eigenvalue weighted by Gasteiger charge is -2.14. The van der Waals surface area contributed by atoms with Gasteiger partial charge in [-0.05, 0) is 41.8 Å². The van der Waals surface area contributed by atoms with Gasteiger partial charge in [-0.1, -0.05) is 57.3 Å². The van der Waals surface area contributed by atoms with Crippen LogP contribution in [0.2, 0.25) is 10.0 Å². The van der Waals surface area contributed by atoms with E-state index < -0.39 is 0 Å². The molecule has 0 fully saturated rings. The highest BCUT2D eigenvalue weighted by Gasteiger charge is 2.11. The molecule has 0 aliphatic carbocycles. The summed E-state index contributed by atoms with van der Waals surface area (Å²) >= 11 is 15.5. The summed E-state index contributed by atoms with van der Waals surface area (Å²) in [4.78, 5) is 0. The molecule has 0 aliphatic rings. The number of nitrogens with two attached hydrogens (primary N) is 1. The molecular weight excluding hydrogens is 333 g/mol. The highest BCUT2D eigenvalue weighted by atomic mass is 79.9. The SMILES string of the molecule is NC(Cc1cccc(Cl)c1)c1ccc(Br)cc1Cl. The molecule has 4 heteroatoms. The number of benzene rings is 2. The summed E-state index contributed by atoms with van der Waals surface area (Å²) in [6.07, 6.45) is 0.710. The van der Waals surface area contributed by atoms with Crippen molar-refractivity contribution >= 4 is 39.1 Å². The van der Waals surface area contributed by atoms with Gasteiger partial charge in [-0.3, -0.25) is 0 Å². The molecule has 0 amide bonds. The number of halogens is 3. The summed E-state index contributed by atoms with van der Waals surface area (Å²) in [5.41, 5.74) is 8.24. The van der Waals surface area contributed by atoms with Gasteiger partial charge in [-0.25, -0.2) is 0 Å². The van der Waals surface area contributed by atoms with Crippen molar-refractivity contribution in [2.24, 2.45) is 5.73 Å². The van der Waals surface area contributed by atoms with Crippen molar-refractivity contribution in [2.75, 3.05) is 0 Å². The van der Waals surface area contributed by atoms with Gasteiger partial charge < -0.3 is 5.73 Å². The monoisotopic (exact) mass is 343 g/mol. The minimum absolute atomic E-state index is 0.135. The molecule has 1 nitrogen and oxygen atoms in total. The van der Waals surface area contributed by atoms with Gasteiger partial charge in [0.1, 0.15) is 0 Å². The van der Waals surface area contributed by atoms with Crippen molar-refractivity contribution in [3.05, 3.63) is 68.1 Å². The van der Waals surface area contributed by atoms with E-state index in [1.807, 2.05) is 42.5 Å². The van der Waals surface area contributed by atoms with Crippen LogP contribution in [0.4, 0.5) is 0 Å². The fourth-order valence-corrected chi connectivity index (χ4v) is 2.86. The van der Waals surface area contributed by atoms with Crippen LogP contribution in [-0.4, -0.2) is 0 Å². The highest BCUT2D eigenvalue weighted by molar-refractivity contribution is 9.10. The minimum Gasteiger partial charge on any atom is -0.324 e. The van der Waals surface area contributed by atoms with Gasteiger partial charge in [-0.15, -0.1) is 0 Å². The lowest BCUT2D eigenvalue weighted by atomic mass is 10.00. The van der Waals surface area contributed by atoms with Crippen LogP contribution in [0, 0.1) is 0 Å². The second-order valence-electron chi connectivity index (χ2n) is 4.11. The molecular formula is C14H12BrCl2N. The molecule has 18 heavy (non-hydrogen) atoms. The molecule has 2 N–H and O–H groups in total. The Morgan fingerprint density at radius 3 is 2.56 bits per heavy atom. The molecule has 0 spiro atoms. The fourth-order valence-electron chi connectivity index (χ4n) is 1.83. The van der Waals surface area contributed by atoms with Gasteiger partial charge in [0.25, 0.3) is 0 Å². The number of hydrogen-bond acceptors (Lipinski definition) is 1. The third kappa shape index (κ3) is 3.48. The van der Waals surface area contributed by atoms with E-state index in [4.69, 9.17) is 28.9 Å². The lowest BCUT2D eigenvalue weighted by Crippen LogP contribution is -2.13. The quantitative estimate of drug-likeness (QED) is 0.833. The zero-order valence-corrected chi connectivity index (χ0v) is 12.6. The largest absolute Gasteiger partial charge is 0.324 e. The Morgan fingerprint density at radius 2 is 1.89 bits per heavy atom. The highest BCUT2D eigenvalue weighted by Crippen LogP contribution is 2.27. The van der Waals surface area contributed by atoms with E-state index in [-0.39, 0.29) is 6.04 Å². The summed E-state index contributed by atoms with van der Waals surface area (Å²) in [6.45, 7) is 0. The molecule has 94 valence electrons. The van der Waals surface area contributed by atoms with Crippen LogP contribution in [0.3, 0.4) is 0 Å². The zero-order valence-electron chi connectivity index (χ0n) is 9.54. The predicted molar refractivity (Wildman–Crippen MR) is 81.2 cm³/mol. The van der Waals surface area contributed by atoms with E-state index in [1.54, 1.807) is 0 Å². The number of hydrogen-bond donors (Lipinski definition) is 1. The molecule has 0 bridgehead atoms. The van der Waals surface area contributed by atoms with Crippen molar-refractivity contribution in [3.8, 4) is 0 Å². The zero-order chi connectivity index (χ0) is 13.1. The van der Waals surface area contributed by atoms with E-state index in [0.29, 0.717) is 11.4 Å². The van der Waals surface area contributed by atoms with Gasteiger partial charge in [0.05, 0.1) is 0 Å². The molecule has 2 rings (SSSR count). The Kier molecular flexibility index (Phi) is 4.68. The first-order valence-corrected chi connectivity index (χ1v) is 7.06. The van der Waals surface area contributed by atoms with Gasteiger partial charge in [0.2, 0.25) is 0 Å². The second kappa shape index (κ2) is 6.07. The molecule has 0 heterocycles. The molecule has 0 radical (unpaired) electrons. The first-order valence-electron chi connectivity index (χ1n) is 5.51. The van der Waals surface area contributed by atoms with Crippen molar-refractivity contribution < 1.29 is 0 Å².